The van der Waals surface area contributed by atoms with Crippen molar-refractivity contribution in [1.29, 1.82) is 0 Å². The highest BCUT2D eigenvalue weighted by molar-refractivity contribution is 5.91. The second kappa shape index (κ2) is 7.29. The van der Waals surface area contributed by atoms with E-state index in [9.17, 15) is 9.59 Å². The van der Waals surface area contributed by atoms with Crippen LogP contribution in [0.25, 0.3) is 0 Å². The Morgan fingerprint density at radius 3 is 2.59 bits per heavy atom. The third-order valence-corrected chi connectivity index (χ3v) is 2.75. The van der Waals surface area contributed by atoms with Gasteiger partial charge in [0.1, 0.15) is 5.60 Å². The minimum atomic E-state index is -0.521. The molecule has 1 N–H and O–H groups in total. The van der Waals surface area contributed by atoms with Crippen LogP contribution in [-0.4, -0.2) is 47.8 Å². The number of aromatic nitrogens is 1. The highest BCUT2D eigenvalue weighted by Crippen LogP contribution is 2.10. The number of ether oxygens (including phenoxy) is 1. The van der Waals surface area contributed by atoms with E-state index in [0.717, 1.165) is 0 Å². The van der Waals surface area contributed by atoms with Crippen LogP contribution >= 0.6 is 0 Å². The summed E-state index contributed by atoms with van der Waals surface area (Å²) in [6, 6.07) is 1.58. The zero-order valence-corrected chi connectivity index (χ0v) is 14.1. The number of hydrogen-bond acceptors (Lipinski definition) is 5. The summed E-state index contributed by atoms with van der Waals surface area (Å²) in [6.45, 7) is 10.0. The van der Waals surface area contributed by atoms with Crippen LogP contribution in [0, 0.1) is 12.8 Å². The van der Waals surface area contributed by atoms with Gasteiger partial charge in [-0.15, -0.1) is 0 Å². The molecule has 1 aromatic heterocycles. The largest absolute Gasteiger partial charge is 0.444 e. The van der Waals surface area contributed by atoms with E-state index in [1.807, 2.05) is 27.7 Å². The molecule has 0 unspecified atom stereocenters. The van der Waals surface area contributed by atoms with Gasteiger partial charge in [-0.1, -0.05) is 12.1 Å². The summed E-state index contributed by atoms with van der Waals surface area (Å²) < 4.78 is 10.2. The first-order chi connectivity index (χ1) is 10.1. The number of carbonyl (C=O) groups excluding carboxylic acids is 2. The zero-order chi connectivity index (χ0) is 16.9. The number of carbonyl (C=O) groups is 2. The van der Waals surface area contributed by atoms with Gasteiger partial charge in [-0.25, -0.2) is 4.79 Å². The average molecular weight is 311 g/mol. The van der Waals surface area contributed by atoms with E-state index >= 15 is 0 Å². The molecule has 1 rings (SSSR count). The number of rotatable bonds is 5. The van der Waals surface area contributed by atoms with Gasteiger partial charge >= 0.3 is 6.09 Å². The van der Waals surface area contributed by atoms with Crippen LogP contribution < -0.4 is 5.32 Å². The minimum absolute atomic E-state index is 0.0745. The Balaban J connectivity index is 2.38. The van der Waals surface area contributed by atoms with E-state index in [-0.39, 0.29) is 23.7 Å². The molecule has 22 heavy (non-hydrogen) atoms. The molecule has 0 saturated carbocycles. The summed E-state index contributed by atoms with van der Waals surface area (Å²) in [5.74, 6) is -0.0527. The van der Waals surface area contributed by atoms with E-state index < -0.39 is 5.60 Å². The number of nitrogens with one attached hydrogen (secondary N) is 1. The van der Waals surface area contributed by atoms with Gasteiger partial charge in [0.2, 0.25) is 5.76 Å². The van der Waals surface area contributed by atoms with Gasteiger partial charge < -0.3 is 19.5 Å². The molecule has 0 spiro atoms. The minimum Gasteiger partial charge on any atom is -0.444 e. The topological polar surface area (TPSA) is 84.7 Å². The molecule has 0 aliphatic heterocycles. The second-order valence-electron chi connectivity index (χ2n) is 6.51. The molecular weight excluding hydrogens is 286 g/mol. The Labute approximate surface area is 131 Å². The lowest BCUT2D eigenvalue weighted by molar-refractivity contribution is 0.0277. The predicted molar refractivity (Wildman–Crippen MR) is 81.6 cm³/mol. The van der Waals surface area contributed by atoms with Crippen LogP contribution in [0.3, 0.4) is 0 Å². The van der Waals surface area contributed by atoms with Gasteiger partial charge in [0.15, 0.2) is 0 Å². The van der Waals surface area contributed by atoms with Crippen molar-refractivity contribution in [1.82, 2.24) is 15.4 Å². The first-order valence-corrected chi connectivity index (χ1v) is 7.24. The Hall–Kier alpha value is -2.05. The highest BCUT2D eigenvalue weighted by atomic mass is 16.6. The SMILES string of the molecule is Cc1cc(C(=O)NC[C@@H](C)CN(C)C(=O)OC(C)(C)C)on1. The van der Waals surface area contributed by atoms with Crippen LogP contribution in [0.15, 0.2) is 10.6 Å². The maximum Gasteiger partial charge on any atom is 0.410 e. The summed E-state index contributed by atoms with van der Waals surface area (Å²) in [6.07, 6.45) is -0.378. The summed E-state index contributed by atoms with van der Waals surface area (Å²) in [5, 5.41) is 6.42. The Morgan fingerprint density at radius 1 is 1.45 bits per heavy atom. The number of aryl methyl sites for hydroxylation is 1. The Kier molecular flexibility index (Phi) is 5.96. The predicted octanol–water partition coefficient (Wildman–Crippen LogP) is 2.22. The molecule has 7 heteroatoms. The summed E-state index contributed by atoms with van der Waals surface area (Å²) >= 11 is 0. The highest BCUT2D eigenvalue weighted by Gasteiger charge is 2.21. The first kappa shape index (κ1) is 18.0. The lowest BCUT2D eigenvalue weighted by Crippen LogP contribution is -2.39. The van der Waals surface area contributed by atoms with Crippen molar-refractivity contribution < 1.29 is 18.8 Å². The molecule has 0 fully saturated rings. The molecular formula is C15H25N3O4. The van der Waals surface area contributed by atoms with Crippen molar-refractivity contribution in [2.75, 3.05) is 20.1 Å². The smallest absolute Gasteiger partial charge is 0.410 e. The fourth-order valence-electron chi connectivity index (χ4n) is 1.77. The van der Waals surface area contributed by atoms with Crippen LogP contribution in [0.5, 0.6) is 0 Å². The fraction of sp³-hybridized carbons (Fsp3) is 0.667. The Bertz CT molecular complexity index is 519. The fourth-order valence-corrected chi connectivity index (χ4v) is 1.77. The molecule has 124 valence electrons. The van der Waals surface area contributed by atoms with Crippen molar-refractivity contribution in [3.05, 3.63) is 17.5 Å². The number of hydrogen-bond donors (Lipinski definition) is 1. The van der Waals surface area contributed by atoms with Crippen molar-refractivity contribution in [2.24, 2.45) is 5.92 Å². The van der Waals surface area contributed by atoms with Gasteiger partial charge in [0, 0.05) is 26.2 Å². The van der Waals surface area contributed by atoms with Gasteiger partial charge in [-0.05, 0) is 33.6 Å². The molecule has 1 heterocycles. The van der Waals surface area contributed by atoms with Crippen molar-refractivity contribution in [3.8, 4) is 0 Å². The molecule has 1 aromatic rings. The summed E-state index contributed by atoms with van der Waals surface area (Å²) in [5.41, 5.74) is 0.135. The van der Waals surface area contributed by atoms with Crippen LogP contribution in [0.4, 0.5) is 4.79 Å². The van der Waals surface area contributed by atoms with E-state index in [0.29, 0.717) is 18.8 Å². The molecule has 0 aliphatic carbocycles. The van der Waals surface area contributed by atoms with Crippen LogP contribution in [0.1, 0.15) is 43.9 Å². The third kappa shape index (κ3) is 6.15. The first-order valence-electron chi connectivity index (χ1n) is 7.24. The molecule has 2 amide bonds. The number of nitrogens with zero attached hydrogens (tertiary/aromatic N) is 2. The Morgan fingerprint density at radius 2 is 2.09 bits per heavy atom. The van der Waals surface area contributed by atoms with Crippen molar-refractivity contribution in [3.63, 3.8) is 0 Å². The standard InChI is InChI=1S/C15H25N3O4/c1-10(9-18(6)14(20)21-15(3,4)5)8-16-13(19)12-7-11(2)17-22-12/h7,10H,8-9H2,1-6H3,(H,16,19)/t10-/m1/s1. The average Bonchev–Trinajstić information content (AvgIpc) is 2.80. The second-order valence-corrected chi connectivity index (χ2v) is 6.51. The van der Waals surface area contributed by atoms with Crippen molar-refractivity contribution >= 4 is 12.0 Å². The third-order valence-electron chi connectivity index (χ3n) is 2.75. The lowest BCUT2D eigenvalue weighted by atomic mass is 10.1. The zero-order valence-electron chi connectivity index (χ0n) is 14.1. The normalized spacial score (nSPS) is 12.6. The molecule has 0 radical (unpaired) electrons. The molecule has 0 bridgehead atoms. The van der Waals surface area contributed by atoms with E-state index in [2.05, 4.69) is 10.5 Å². The maximum atomic E-state index is 11.8. The van der Waals surface area contributed by atoms with E-state index in [4.69, 9.17) is 9.26 Å². The monoisotopic (exact) mass is 311 g/mol. The van der Waals surface area contributed by atoms with E-state index in [1.165, 1.54) is 4.90 Å². The molecule has 0 aromatic carbocycles. The lowest BCUT2D eigenvalue weighted by Gasteiger charge is -2.26. The molecule has 7 nitrogen and oxygen atoms in total. The summed E-state index contributed by atoms with van der Waals surface area (Å²) in [4.78, 5) is 25.2. The maximum absolute atomic E-state index is 11.8. The van der Waals surface area contributed by atoms with Gasteiger partial charge in [0.25, 0.3) is 5.91 Å². The van der Waals surface area contributed by atoms with Crippen LogP contribution in [-0.2, 0) is 4.74 Å². The molecule has 0 saturated heterocycles. The van der Waals surface area contributed by atoms with Crippen molar-refractivity contribution in [2.45, 2.75) is 40.2 Å². The molecule has 1 atom stereocenters. The number of amides is 2. The quantitative estimate of drug-likeness (QED) is 0.901. The summed E-state index contributed by atoms with van der Waals surface area (Å²) in [7, 11) is 1.67. The molecule has 0 aliphatic rings. The van der Waals surface area contributed by atoms with E-state index in [1.54, 1.807) is 20.0 Å². The van der Waals surface area contributed by atoms with Gasteiger partial charge in [-0.3, -0.25) is 4.79 Å². The van der Waals surface area contributed by atoms with Crippen LogP contribution in [0.2, 0.25) is 0 Å². The van der Waals surface area contributed by atoms with Gasteiger partial charge in [-0.2, -0.15) is 0 Å². The van der Waals surface area contributed by atoms with Gasteiger partial charge in [0.05, 0.1) is 5.69 Å².